The van der Waals surface area contributed by atoms with Crippen molar-refractivity contribution >= 4 is 0 Å². The molecule has 2 heteroatoms. The molecule has 0 bridgehead atoms. The molecule has 0 saturated carbocycles. The summed E-state index contributed by atoms with van der Waals surface area (Å²) >= 11 is 0. The molecule has 0 amide bonds. The maximum absolute atomic E-state index is 5.57. The largest absolute Gasteiger partial charge is 0.371 e. The first-order valence-corrected chi connectivity index (χ1v) is 4.26. The van der Waals surface area contributed by atoms with E-state index in [1.54, 1.807) is 0 Å². The summed E-state index contributed by atoms with van der Waals surface area (Å²) in [6.45, 7) is 2.66. The molecule has 63 valence electrons. The van der Waals surface area contributed by atoms with Crippen LogP contribution in [0.1, 0.15) is 11.7 Å². The second-order valence-corrected chi connectivity index (χ2v) is 2.88. The van der Waals surface area contributed by atoms with E-state index >= 15 is 0 Å². The Morgan fingerprint density at radius 2 is 2.50 bits per heavy atom. The highest BCUT2D eigenvalue weighted by Gasteiger charge is 2.14. The molecule has 1 fully saturated rings. The summed E-state index contributed by atoms with van der Waals surface area (Å²) in [7, 11) is 0. The number of hydrogen-bond donors (Lipinski definition) is 1. The van der Waals surface area contributed by atoms with Gasteiger partial charge in [0.15, 0.2) is 0 Å². The Morgan fingerprint density at radius 1 is 1.50 bits per heavy atom. The fourth-order valence-corrected chi connectivity index (χ4v) is 1.37. The smallest absolute Gasteiger partial charge is 0.0955 e. The van der Waals surface area contributed by atoms with Crippen molar-refractivity contribution in [3.8, 4) is 0 Å². The van der Waals surface area contributed by atoms with Gasteiger partial charge in [-0.25, -0.2) is 0 Å². The Balaban J connectivity index is 2.08. The highest BCUT2D eigenvalue weighted by Crippen LogP contribution is 2.16. The van der Waals surface area contributed by atoms with Crippen LogP contribution in [0.4, 0.5) is 0 Å². The Bertz CT molecular complexity index is 229. The zero-order chi connectivity index (χ0) is 8.23. The monoisotopic (exact) mass is 162 g/mol. The van der Waals surface area contributed by atoms with E-state index in [2.05, 4.69) is 17.4 Å². The van der Waals surface area contributed by atoms with Gasteiger partial charge in [0, 0.05) is 13.1 Å². The molecule has 0 aromatic heterocycles. The third-order valence-electron chi connectivity index (χ3n) is 2.01. The minimum absolute atomic E-state index is 0.194. The van der Waals surface area contributed by atoms with Gasteiger partial charge in [-0.2, -0.15) is 0 Å². The summed E-state index contributed by atoms with van der Waals surface area (Å²) in [6, 6.07) is 11.1. The predicted molar refractivity (Wildman–Crippen MR) is 46.8 cm³/mol. The summed E-state index contributed by atoms with van der Waals surface area (Å²) in [6.07, 6.45) is 0.194. The molecule has 12 heavy (non-hydrogen) atoms. The standard InChI is InChI=1S/C10H12NO/c1-2-4-9(5-3-1)10-8-11-6-7-12-10/h1-4,10-11H,6-8H2. The average Bonchev–Trinajstić information content (AvgIpc) is 2.21. The first-order valence-electron chi connectivity index (χ1n) is 4.26. The molecule has 1 heterocycles. The Labute approximate surface area is 72.5 Å². The summed E-state index contributed by atoms with van der Waals surface area (Å²) < 4.78 is 5.57. The minimum atomic E-state index is 0.194. The number of morpholine rings is 1. The number of ether oxygens (including phenoxy) is 1. The summed E-state index contributed by atoms with van der Waals surface area (Å²) in [4.78, 5) is 0. The van der Waals surface area contributed by atoms with Gasteiger partial charge in [-0.05, 0) is 11.6 Å². The molecule has 1 atom stereocenters. The molecule has 0 spiro atoms. The van der Waals surface area contributed by atoms with Crippen LogP contribution in [-0.4, -0.2) is 19.7 Å². The van der Waals surface area contributed by atoms with Crippen molar-refractivity contribution in [3.05, 3.63) is 35.9 Å². The number of rotatable bonds is 1. The van der Waals surface area contributed by atoms with Crippen LogP contribution in [-0.2, 0) is 4.74 Å². The highest BCUT2D eigenvalue weighted by molar-refractivity contribution is 5.16. The second-order valence-electron chi connectivity index (χ2n) is 2.88. The van der Waals surface area contributed by atoms with Crippen molar-refractivity contribution in [1.82, 2.24) is 5.32 Å². The second kappa shape index (κ2) is 3.70. The Kier molecular flexibility index (Phi) is 2.39. The van der Waals surface area contributed by atoms with Gasteiger partial charge in [-0.3, -0.25) is 0 Å². The van der Waals surface area contributed by atoms with E-state index in [0.717, 1.165) is 25.3 Å². The molecule has 2 nitrogen and oxygen atoms in total. The molecule has 1 radical (unpaired) electrons. The van der Waals surface area contributed by atoms with Crippen LogP contribution in [0.3, 0.4) is 0 Å². The van der Waals surface area contributed by atoms with Crippen LogP contribution < -0.4 is 5.32 Å². The van der Waals surface area contributed by atoms with Crippen molar-refractivity contribution < 1.29 is 4.74 Å². The van der Waals surface area contributed by atoms with Crippen LogP contribution in [0, 0.1) is 6.07 Å². The third-order valence-corrected chi connectivity index (χ3v) is 2.01. The molecular formula is C10H12NO. The van der Waals surface area contributed by atoms with E-state index in [1.165, 1.54) is 0 Å². The predicted octanol–water partition coefficient (Wildman–Crippen LogP) is 1.15. The molecule has 1 aromatic carbocycles. The van der Waals surface area contributed by atoms with Gasteiger partial charge in [0.05, 0.1) is 12.7 Å². The zero-order valence-corrected chi connectivity index (χ0v) is 6.92. The Morgan fingerprint density at radius 3 is 3.17 bits per heavy atom. The molecule has 1 aliphatic rings. The molecular weight excluding hydrogens is 150 g/mol. The van der Waals surface area contributed by atoms with Crippen molar-refractivity contribution in [2.45, 2.75) is 6.10 Å². The molecule has 1 unspecified atom stereocenters. The summed E-state index contributed by atoms with van der Waals surface area (Å²) in [5.74, 6) is 0. The van der Waals surface area contributed by atoms with E-state index in [1.807, 2.05) is 18.2 Å². The maximum atomic E-state index is 5.57. The lowest BCUT2D eigenvalue weighted by Crippen LogP contribution is -2.33. The van der Waals surface area contributed by atoms with E-state index in [-0.39, 0.29) is 6.10 Å². The molecule has 0 aliphatic carbocycles. The lowest BCUT2D eigenvalue weighted by molar-refractivity contribution is 0.0275. The van der Waals surface area contributed by atoms with E-state index in [0.29, 0.717) is 0 Å². The average molecular weight is 162 g/mol. The van der Waals surface area contributed by atoms with Gasteiger partial charge >= 0.3 is 0 Å². The van der Waals surface area contributed by atoms with E-state index < -0.39 is 0 Å². The van der Waals surface area contributed by atoms with Crippen LogP contribution in [0.5, 0.6) is 0 Å². The molecule has 1 aromatic rings. The quantitative estimate of drug-likeness (QED) is 0.668. The number of hydrogen-bond acceptors (Lipinski definition) is 2. The normalized spacial score (nSPS) is 23.8. The SMILES string of the molecule is [c]1ccccc1C1CNCCO1. The number of benzene rings is 1. The summed E-state index contributed by atoms with van der Waals surface area (Å²) in [5, 5.41) is 3.29. The molecule has 2 rings (SSSR count). The van der Waals surface area contributed by atoms with Gasteiger partial charge < -0.3 is 10.1 Å². The van der Waals surface area contributed by atoms with Gasteiger partial charge in [0.25, 0.3) is 0 Å². The first kappa shape index (κ1) is 7.77. The highest BCUT2D eigenvalue weighted by atomic mass is 16.5. The summed E-state index contributed by atoms with van der Waals surface area (Å²) in [5.41, 5.74) is 1.14. The zero-order valence-electron chi connectivity index (χ0n) is 6.92. The first-order chi connectivity index (χ1) is 5.97. The van der Waals surface area contributed by atoms with Crippen molar-refractivity contribution in [1.29, 1.82) is 0 Å². The van der Waals surface area contributed by atoms with Crippen LogP contribution in [0.2, 0.25) is 0 Å². The van der Waals surface area contributed by atoms with Crippen LogP contribution in [0.15, 0.2) is 24.3 Å². The Hall–Kier alpha value is -0.860. The lowest BCUT2D eigenvalue weighted by Gasteiger charge is -2.23. The fraction of sp³-hybridized carbons (Fsp3) is 0.400. The van der Waals surface area contributed by atoms with E-state index in [9.17, 15) is 0 Å². The molecule has 1 saturated heterocycles. The van der Waals surface area contributed by atoms with Gasteiger partial charge in [0.1, 0.15) is 0 Å². The van der Waals surface area contributed by atoms with Crippen LogP contribution in [0.25, 0.3) is 0 Å². The fourth-order valence-electron chi connectivity index (χ4n) is 1.37. The third kappa shape index (κ3) is 1.65. The minimum Gasteiger partial charge on any atom is -0.371 e. The topological polar surface area (TPSA) is 21.3 Å². The van der Waals surface area contributed by atoms with E-state index in [4.69, 9.17) is 4.74 Å². The number of nitrogens with one attached hydrogen (secondary N) is 1. The van der Waals surface area contributed by atoms with Gasteiger partial charge in [-0.15, -0.1) is 0 Å². The van der Waals surface area contributed by atoms with Crippen molar-refractivity contribution in [2.24, 2.45) is 0 Å². The lowest BCUT2D eigenvalue weighted by atomic mass is 10.1. The van der Waals surface area contributed by atoms with Crippen molar-refractivity contribution in [2.75, 3.05) is 19.7 Å². The molecule has 1 N–H and O–H groups in total. The van der Waals surface area contributed by atoms with Crippen molar-refractivity contribution in [3.63, 3.8) is 0 Å². The van der Waals surface area contributed by atoms with Gasteiger partial charge in [0.2, 0.25) is 0 Å². The van der Waals surface area contributed by atoms with Gasteiger partial charge in [-0.1, -0.05) is 24.3 Å². The van der Waals surface area contributed by atoms with Crippen LogP contribution >= 0.6 is 0 Å². The molecule has 1 aliphatic heterocycles. The maximum Gasteiger partial charge on any atom is 0.0955 e.